The van der Waals surface area contributed by atoms with E-state index in [0.29, 0.717) is 29.9 Å². The van der Waals surface area contributed by atoms with E-state index < -0.39 is 0 Å². The molecule has 1 N–H and O–H groups in total. The number of hydrogen-bond acceptors (Lipinski definition) is 4. The molecule has 5 heteroatoms. The number of methoxy groups -OCH3 is 1. The van der Waals surface area contributed by atoms with Gasteiger partial charge in [0.05, 0.1) is 7.11 Å². The molecule has 0 radical (unpaired) electrons. The van der Waals surface area contributed by atoms with Crippen molar-refractivity contribution in [1.82, 2.24) is 9.80 Å². The highest BCUT2D eigenvalue weighted by Gasteiger charge is 2.31. The Hall–Kier alpha value is -1.17. The Balaban J connectivity index is 1.64. The number of aliphatic hydroxyl groups excluding tert-OH is 1. The molecular weight excluding hydrogens is 319 g/mol. The summed E-state index contributed by atoms with van der Waals surface area (Å²) in [7, 11) is 1.55. The van der Waals surface area contributed by atoms with Crippen LogP contribution in [-0.2, 0) is 6.54 Å². The second kappa shape index (κ2) is 8.97. The van der Waals surface area contributed by atoms with Crippen LogP contribution in [0.2, 0.25) is 0 Å². The zero-order valence-corrected chi connectivity index (χ0v) is 15.3. The van der Waals surface area contributed by atoms with Gasteiger partial charge in [-0.15, -0.1) is 0 Å². The molecule has 25 heavy (non-hydrogen) atoms. The van der Waals surface area contributed by atoms with E-state index in [1.807, 2.05) is 12.1 Å². The normalized spacial score (nSPS) is 23.7. The maximum atomic E-state index is 14.3. The summed E-state index contributed by atoms with van der Waals surface area (Å²) >= 11 is 0. The van der Waals surface area contributed by atoms with E-state index in [1.165, 1.54) is 38.2 Å². The summed E-state index contributed by atoms with van der Waals surface area (Å²) < 4.78 is 19.4. The maximum Gasteiger partial charge on any atom is 0.131 e. The fourth-order valence-electron chi connectivity index (χ4n) is 4.33. The van der Waals surface area contributed by atoms with Gasteiger partial charge in [0.2, 0.25) is 0 Å². The summed E-state index contributed by atoms with van der Waals surface area (Å²) in [6.45, 7) is 3.75. The molecule has 1 aromatic carbocycles. The van der Waals surface area contributed by atoms with Crippen molar-refractivity contribution < 1.29 is 14.2 Å². The highest BCUT2D eigenvalue weighted by Crippen LogP contribution is 2.27. The van der Waals surface area contributed by atoms with Crippen molar-refractivity contribution in [2.45, 2.75) is 57.2 Å². The van der Waals surface area contributed by atoms with Crippen LogP contribution in [0.5, 0.6) is 5.75 Å². The first kappa shape index (κ1) is 18.6. The van der Waals surface area contributed by atoms with Gasteiger partial charge in [-0.25, -0.2) is 4.39 Å². The molecule has 2 aliphatic rings. The molecule has 0 amide bonds. The van der Waals surface area contributed by atoms with E-state index >= 15 is 0 Å². The summed E-state index contributed by atoms with van der Waals surface area (Å²) in [5.74, 6) is 0.340. The van der Waals surface area contributed by atoms with Gasteiger partial charge >= 0.3 is 0 Å². The van der Waals surface area contributed by atoms with Crippen LogP contribution in [0.4, 0.5) is 4.39 Å². The number of aliphatic hydroxyl groups is 1. The number of benzene rings is 1. The fourth-order valence-corrected chi connectivity index (χ4v) is 4.33. The monoisotopic (exact) mass is 350 g/mol. The molecule has 0 unspecified atom stereocenters. The third-order valence-electron chi connectivity index (χ3n) is 5.82. The van der Waals surface area contributed by atoms with E-state index in [1.54, 1.807) is 7.11 Å². The van der Waals surface area contributed by atoms with Crippen LogP contribution in [0.1, 0.15) is 44.1 Å². The number of ether oxygens (including phenoxy) is 1. The predicted octanol–water partition coefficient (Wildman–Crippen LogP) is 3.04. The quantitative estimate of drug-likeness (QED) is 0.855. The van der Waals surface area contributed by atoms with Gasteiger partial charge in [-0.1, -0.05) is 25.3 Å². The maximum absolute atomic E-state index is 14.3. The lowest BCUT2D eigenvalue weighted by molar-refractivity contribution is 0.0217. The molecule has 3 rings (SSSR count). The van der Waals surface area contributed by atoms with Gasteiger partial charge in [0.25, 0.3) is 0 Å². The van der Waals surface area contributed by atoms with Crippen LogP contribution in [0, 0.1) is 5.82 Å². The zero-order chi connectivity index (χ0) is 17.6. The van der Waals surface area contributed by atoms with Crippen LogP contribution >= 0.6 is 0 Å². The molecule has 1 aliphatic carbocycles. The topological polar surface area (TPSA) is 35.9 Å². The van der Waals surface area contributed by atoms with Crippen molar-refractivity contribution in [3.05, 3.63) is 29.6 Å². The van der Waals surface area contributed by atoms with Gasteiger partial charge in [-0.05, 0) is 25.3 Å². The minimum absolute atomic E-state index is 0.185. The Bertz CT molecular complexity index is 548. The Kier molecular flexibility index (Phi) is 6.68. The van der Waals surface area contributed by atoms with Crippen LogP contribution < -0.4 is 4.74 Å². The van der Waals surface area contributed by atoms with Gasteiger partial charge in [0.15, 0.2) is 0 Å². The molecule has 1 aliphatic heterocycles. The standard InChI is InChI=1S/C20H31FN2O2/c1-25-19-8-7-16(20(21)13-19)14-22-10-11-23(15-18(22)9-12-24)17-5-3-2-4-6-17/h7-8,13,17-18,24H,2-6,9-12,14-15H2,1H3/t18-/m0/s1. The molecule has 1 saturated carbocycles. The minimum Gasteiger partial charge on any atom is -0.497 e. The van der Waals surface area contributed by atoms with Crippen molar-refractivity contribution in [2.75, 3.05) is 33.4 Å². The zero-order valence-electron chi connectivity index (χ0n) is 15.3. The third kappa shape index (κ3) is 4.72. The van der Waals surface area contributed by atoms with Crippen molar-refractivity contribution >= 4 is 0 Å². The van der Waals surface area contributed by atoms with Crippen molar-refractivity contribution in [2.24, 2.45) is 0 Å². The Labute approximate surface area is 150 Å². The van der Waals surface area contributed by atoms with Gasteiger partial charge < -0.3 is 9.84 Å². The molecular formula is C20H31FN2O2. The molecule has 0 spiro atoms. The largest absolute Gasteiger partial charge is 0.497 e. The van der Waals surface area contributed by atoms with Crippen LogP contribution in [-0.4, -0.2) is 60.3 Å². The average molecular weight is 350 g/mol. The highest BCUT2D eigenvalue weighted by molar-refractivity contribution is 5.29. The van der Waals surface area contributed by atoms with Crippen molar-refractivity contribution in [1.29, 1.82) is 0 Å². The van der Waals surface area contributed by atoms with Gasteiger partial charge in [0.1, 0.15) is 11.6 Å². The second-order valence-corrected chi connectivity index (χ2v) is 7.38. The fraction of sp³-hybridized carbons (Fsp3) is 0.700. The average Bonchev–Trinajstić information content (AvgIpc) is 2.65. The van der Waals surface area contributed by atoms with E-state index in [-0.39, 0.29) is 12.4 Å². The molecule has 1 heterocycles. The van der Waals surface area contributed by atoms with Crippen LogP contribution in [0.15, 0.2) is 18.2 Å². The molecule has 1 saturated heterocycles. The highest BCUT2D eigenvalue weighted by atomic mass is 19.1. The number of halogens is 1. The number of nitrogens with zero attached hydrogens (tertiary/aromatic N) is 2. The summed E-state index contributed by atoms with van der Waals surface area (Å²) in [5.41, 5.74) is 0.704. The molecule has 1 atom stereocenters. The lowest BCUT2D eigenvalue weighted by Gasteiger charge is -2.45. The lowest BCUT2D eigenvalue weighted by atomic mass is 9.92. The van der Waals surface area contributed by atoms with Gasteiger partial charge in [0, 0.05) is 56.5 Å². The minimum atomic E-state index is -0.211. The Morgan fingerprint density at radius 1 is 1.20 bits per heavy atom. The van der Waals surface area contributed by atoms with Gasteiger partial charge in [-0.2, -0.15) is 0 Å². The number of piperazine rings is 1. The van der Waals surface area contributed by atoms with E-state index in [4.69, 9.17) is 4.74 Å². The van der Waals surface area contributed by atoms with Crippen LogP contribution in [0.25, 0.3) is 0 Å². The molecule has 4 nitrogen and oxygen atoms in total. The summed E-state index contributed by atoms with van der Waals surface area (Å²) in [6, 6.07) is 6.08. The smallest absolute Gasteiger partial charge is 0.131 e. The summed E-state index contributed by atoms with van der Waals surface area (Å²) in [4.78, 5) is 4.95. The first-order chi connectivity index (χ1) is 12.2. The summed E-state index contributed by atoms with van der Waals surface area (Å²) in [5, 5.41) is 9.49. The molecule has 140 valence electrons. The molecule has 0 bridgehead atoms. The lowest BCUT2D eigenvalue weighted by Crippen LogP contribution is -2.56. The van der Waals surface area contributed by atoms with Crippen molar-refractivity contribution in [3.8, 4) is 5.75 Å². The van der Waals surface area contributed by atoms with E-state index in [2.05, 4.69) is 9.80 Å². The Morgan fingerprint density at radius 2 is 2.00 bits per heavy atom. The number of rotatable bonds is 6. The van der Waals surface area contributed by atoms with E-state index in [0.717, 1.165) is 26.1 Å². The first-order valence-electron chi connectivity index (χ1n) is 9.62. The van der Waals surface area contributed by atoms with Gasteiger partial charge in [-0.3, -0.25) is 9.80 Å². The summed E-state index contributed by atoms with van der Waals surface area (Å²) in [6.07, 6.45) is 7.41. The van der Waals surface area contributed by atoms with Crippen LogP contribution in [0.3, 0.4) is 0 Å². The third-order valence-corrected chi connectivity index (χ3v) is 5.82. The predicted molar refractivity (Wildman–Crippen MR) is 97.3 cm³/mol. The number of hydrogen-bond donors (Lipinski definition) is 1. The first-order valence-corrected chi connectivity index (χ1v) is 9.62. The SMILES string of the molecule is COc1ccc(CN2CCN(C3CCCCC3)C[C@@H]2CCO)c(F)c1. The van der Waals surface area contributed by atoms with Crippen molar-refractivity contribution in [3.63, 3.8) is 0 Å². The molecule has 1 aromatic rings. The molecule has 0 aromatic heterocycles. The second-order valence-electron chi connectivity index (χ2n) is 7.38. The molecule has 2 fully saturated rings. The van der Waals surface area contributed by atoms with E-state index in [9.17, 15) is 9.50 Å². The Morgan fingerprint density at radius 3 is 2.68 bits per heavy atom.